The molecule has 1 aromatic carbocycles. The van der Waals surface area contributed by atoms with E-state index in [0.717, 1.165) is 5.56 Å². The molecule has 0 spiro atoms. The summed E-state index contributed by atoms with van der Waals surface area (Å²) in [6.45, 7) is 2.24. The first-order valence-corrected chi connectivity index (χ1v) is 10.6. The molecule has 1 aliphatic rings. The summed E-state index contributed by atoms with van der Waals surface area (Å²) >= 11 is 12.4. The molecule has 3 aromatic rings. The van der Waals surface area contributed by atoms with E-state index >= 15 is 0 Å². The smallest absolute Gasteiger partial charge is 0.199 e. The SMILES string of the molecule is C[C@@H]1C[C@@H](Nc2ncncc2C(=O)c2cc(Cl)n(Cc3cccc(Cl)c3)c2)[C@@H](F)[C@@H]1O. The Hall–Kier alpha value is -2.48. The number of aromatic nitrogens is 3. The second-order valence-corrected chi connectivity index (χ2v) is 8.65. The molecule has 2 aromatic heterocycles. The first-order valence-electron chi connectivity index (χ1n) is 9.87. The van der Waals surface area contributed by atoms with Crippen LogP contribution in [0.15, 0.2) is 49.1 Å². The Kier molecular flexibility index (Phi) is 6.27. The molecule has 4 rings (SSSR count). The average Bonchev–Trinajstić information content (AvgIpc) is 3.22. The number of benzene rings is 1. The molecule has 0 bridgehead atoms. The lowest BCUT2D eigenvalue weighted by atomic mass is 10.1. The van der Waals surface area contributed by atoms with Crippen LogP contribution in [0.1, 0.15) is 34.8 Å². The molecular weight excluding hydrogens is 442 g/mol. The topological polar surface area (TPSA) is 80.0 Å². The molecule has 31 heavy (non-hydrogen) atoms. The number of carbonyl (C=O) groups is 1. The molecule has 4 atom stereocenters. The average molecular weight is 463 g/mol. The molecule has 2 N–H and O–H groups in total. The van der Waals surface area contributed by atoms with Crippen molar-refractivity contribution in [2.75, 3.05) is 5.32 Å². The minimum Gasteiger partial charge on any atom is -0.390 e. The molecule has 0 radical (unpaired) electrons. The molecule has 162 valence electrons. The number of rotatable bonds is 6. The maximum atomic E-state index is 14.4. The van der Waals surface area contributed by atoms with Gasteiger partial charge in [-0.1, -0.05) is 42.3 Å². The predicted molar refractivity (Wildman–Crippen MR) is 118 cm³/mol. The number of nitrogens with zero attached hydrogens (tertiary/aromatic N) is 3. The summed E-state index contributed by atoms with van der Waals surface area (Å²) < 4.78 is 16.1. The highest BCUT2D eigenvalue weighted by Crippen LogP contribution is 2.31. The van der Waals surface area contributed by atoms with Gasteiger partial charge in [0, 0.05) is 29.5 Å². The molecular formula is C22H21Cl2FN4O2. The zero-order valence-electron chi connectivity index (χ0n) is 16.7. The normalized spacial score (nSPS) is 23.1. The molecule has 0 aliphatic heterocycles. The van der Waals surface area contributed by atoms with Crippen molar-refractivity contribution in [3.8, 4) is 0 Å². The van der Waals surface area contributed by atoms with E-state index in [4.69, 9.17) is 23.2 Å². The molecule has 0 unspecified atom stereocenters. The Balaban J connectivity index is 1.57. The van der Waals surface area contributed by atoms with Crippen LogP contribution in [-0.4, -0.2) is 43.7 Å². The van der Waals surface area contributed by atoms with Gasteiger partial charge in [0.15, 0.2) is 5.78 Å². The lowest BCUT2D eigenvalue weighted by Crippen LogP contribution is -2.32. The van der Waals surface area contributed by atoms with Gasteiger partial charge in [-0.25, -0.2) is 14.4 Å². The van der Waals surface area contributed by atoms with E-state index < -0.39 is 18.3 Å². The maximum Gasteiger partial charge on any atom is 0.199 e. The molecule has 1 saturated carbocycles. The summed E-state index contributed by atoms with van der Waals surface area (Å²) in [6.07, 6.45) is 2.28. The van der Waals surface area contributed by atoms with Gasteiger partial charge < -0.3 is 15.0 Å². The van der Waals surface area contributed by atoms with Crippen molar-refractivity contribution in [2.45, 2.75) is 38.2 Å². The standard InChI is InChI=1S/C22H21Cl2FN4O2/c1-12-5-17(19(25)20(12)30)28-22-16(8-26-11-27-22)21(31)14-7-18(24)29(10-14)9-13-3-2-4-15(23)6-13/h2-4,6-8,10-12,17,19-20,30H,5,9H2,1H3,(H,26,27,28)/t12-,17-,19-,20-/m1/s1. The lowest BCUT2D eigenvalue weighted by molar-refractivity contribution is 0.0725. The van der Waals surface area contributed by atoms with Crippen LogP contribution in [0.25, 0.3) is 0 Å². The van der Waals surface area contributed by atoms with Crippen LogP contribution in [0, 0.1) is 5.92 Å². The summed E-state index contributed by atoms with van der Waals surface area (Å²) in [5.74, 6) is -0.294. The van der Waals surface area contributed by atoms with E-state index in [2.05, 4.69) is 15.3 Å². The number of anilines is 1. The molecule has 1 aliphatic carbocycles. The predicted octanol–water partition coefficient (Wildman–Crippen LogP) is 4.38. The lowest BCUT2D eigenvalue weighted by Gasteiger charge is -2.18. The number of halogens is 3. The second-order valence-electron chi connectivity index (χ2n) is 7.82. The van der Waals surface area contributed by atoms with E-state index in [-0.39, 0.29) is 23.1 Å². The number of aliphatic hydroxyl groups excluding tert-OH is 1. The van der Waals surface area contributed by atoms with Crippen LogP contribution in [0.3, 0.4) is 0 Å². The van der Waals surface area contributed by atoms with Gasteiger partial charge >= 0.3 is 0 Å². The molecule has 1 fully saturated rings. The fourth-order valence-electron chi connectivity index (χ4n) is 3.86. The molecule has 9 heteroatoms. The third kappa shape index (κ3) is 4.59. The van der Waals surface area contributed by atoms with E-state index in [1.54, 1.807) is 29.8 Å². The highest BCUT2D eigenvalue weighted by atomic mass is 35.5. The number of hydrogen-bond donors (Lipinski definition) is 2. The van der Waals surface area contributed by atoms with E-state index in [1.165, 1.54) is 12.5 Å². The fraction of sp³-hybridized carbons (Fsp3) is 0.318. The Morgan fingerprint density at radius 3 is 2.87 bits per heavy atom. The number of carbonyl (C=O) groups excluding carboxylic acids is 1. The molecule has 0 amide bonds. The Bertz CT molecular complexity index is 1110. The quantitative estimate of drug-likeness (QED) is 0.531. The minimum atomic E-state index is -1.44. The van der Waals surface area contributed by atoms with Crippen LogP contribution in [0.4, 0.5) is 10.2 Å². The van der Waals surface area contributed by atoms with Crippen molar-refractivity contribution in [1.29, 1.82) is 0 Å². The molecule has 2 heterocycles. The van der Waals surface area contributed by atoms with Gasteiger partial charge in [0.2, 0.25) is 0 Å². The summed E-state index contributed by atoms with van der Waals surface area (Å²) in [5.41, 5.74) is 1.51. The summed E-state index contributed by atoms with van der Waals surface area (Å²) in [5, 5.41) is 13.9. The second kappa shape index (κ2) is 8.94. The summed E-state index contributed by atoms with van der Waals surface area (Å²) in [7, 11) is 0. The van der Waals surface area contributed by atoms with Gasteiger partial charge in [-0.15, -0.1) is 0 Å². The van der Waals surface area contributed by atoms with Crippen molar-refractivity contribution >= 4 is 34.8 Å². The van der Waals surface area contributed by atoms with Crippen LogP contribution in [0.5, 0.6) is 0 Å². The van der Waals surface area contributed by atoms with Gasteiger partial charge in [0.05, 0.1) is 17.7 Å². The summed E-state index contributed by atoms with van der Waals surface area (Å²) in [4.78, 5) is 21.3. The number of alkyl halides is 1. The van der Waals surface area contributed by atoms with E-state index in [9.17, 15) is 14.3 Å². The van der Waals surface area contributed by atoms with Crippen molar-refractivity contribution in [3.63, 3.8) is 0 Å². The third-order valence-corrected chi connectivity index (χ3v) is 6.11. The fourth-order valence-corrected chi connectivity index (χ4v) is 4.30. The van der Waals surface area contributed by atoms with Gasteiger partial charge in [-0.3, -0.25) is 4.79 Å². The number of aliphatic hydroxyl groups is 1. The Morgan fingerprint density at radius 1 is 1.35 bits per heavy atom. The number of nitrogens with one attached hydrogen (secondary N) is 1. The largest absolute Gasteiger partial charge is 0.390 e. The summed E-state index contributed by atoms with van der Waals surface area (Å²) in [6, 6.07) is 8.32. The van der Waals surface area contributed by atoms with E-state index in [1.807, 2.05) is 18.2 Å². The zero-order valence-corrected chi connectivity index (χ0v) is 18.2. The molecule has 6 nitrogen and oxygen atoms in total. The highest BCUT2D eigenvalue weighted by Gasteiger charge is 2.41. The molecule has 0 saturated heterocycles. The van der Waals surface area contributed by atoms with E-state index in [0.29, 0.717) is 28.7 Å². The Morgan fingerprint density at radius 2 is 2.16 bits per heavy atom. The van der Waals surface area contributed by atoms with Gasteiger partial charge in [0.1, 0.15) is 23.5 Å². The Labute approximate surface area is 189 Å². The van der Waals surface area contributed by atoms with Crippen LogP contribution in [-0.2, 0) is 6.54 Å². The van der Waals surface area contributed by atoms with Gasteiger partial charge in [-0.2, -0.15) is 0 Å². The minimum absolute atomic E-state index is 0.187. The maximum absolute atomic E-state index is 14.4. The first kappa shape index (κ1) is 21.7. The highest BCUT2D eigenvalue weighted by molar-refractivity contribution is 6.31. The van der Waals surface area contributed by atoms with Crippen LogP contribution < -0.4 is 5.32 Å². The van der Waals surface area contributed by atoms with Crippen LogP contribution >= 0.6 is 23.2 Å². The van der Waals surface area contributed by atoms with Crippen molar-refractivity contribution in [3.05, 3.63) is 75.9 Å². The monoisotopic (exact) mass is 462 g/mol. The third-order valence-electron chi connectivity index (χ3n) is 5.55. The number of hydrogen-bond acceptors (Lipinski definition) is 5. The first-order chi connectivity index (χ1) is 14.8. The van der Waals surface area contributed by atoms with Crippen molar-refractivity contribution in [1.82, 2.24) is 14.5 Å². The van der Waals surface area contributed by atoms with Crippen molar-refractivity contribution in [2.24, 2.45) is 5.92 Å². The van der Waals surface area contributed by atoms with Crippen LogP contribution in [0.2, 0.25) is 10.2 Å². The zero-order chi connectivity index (χ0) is 22.1. The van der Waals surface area contributed by atoms with Gasteiger partial charge in [-0.05, 0) is 36.1 Å². The van der Waals surface area contributed by atoms with Crippen molar-refractivity contribution < 1.29 is 14.3 Å². The van der Waals surface area contributed by atoms with Gasteiger partial charge in [0.25, 0.3) is 0 Å². The number of ketones is 1.